The van der Waals surface area contributed by atoms with Gasteiger partial charge in [0, 0.05) is 30.1 Å². The lowest BCUT2D eigenvalue weighted by Gasteiger charge is -2.31. The average Bonchev–Trinajstić information content (AvgIpc) is 3.41. The molecule has 0 saturated carbocycles. The minimum Gasteiger partial charge on any atom is -0.341 e. The molecule has 1 fully saturated rings. The summed E-state index contributed by atoms with van der Waals surface area (Å²) in [6, 6.07) is 8.92. The van der Waals surface area contributed by atoms with Gasteiger partial charge in [0.1, 0.15) is 6.54 Å². The lowest BCUT2D eigenvalue weighted by Crippen LogP contribution is -2.40. The van der Waals surface area contributed by atoms with E-state index in [2.05, 4.69) is 14.8 Å². The van der Waals surface area contributed by atoms with Gasteiger partial charge in [-0.25, -0.2) is 13.4 Å². The molecule has 34 heavy (non-hydrogen) atoms. The fraction of sp³-hybridized carbons (Fsp3) is 0.381. The zero-order chi connectivity index (χ0) is 24.5. The molecule has 3 aromatic rings. The summed E-state index contributed by atoms with van der Waals surface area (Å²) in [5.41, 5.74) is -0.747. The van der Waals surface area contributed by atoms with Crippen LogP contribution in [0.5, 0.6) is 0 Å². The molecule has 0 spiro atoms. The summed E-state index contributed by atoms with van der Waals surface area (Å²) in [6.45, 7) is 2.09. The van der Waals surface area contributed by atoms with Crippen molar-refractivity contribution in [2.24, 2.45) is 0 Å². The third kappa shape index (κ3) is 5.41. The second-order valence-electron chi connectivity index (χ2n) is 7.97. The van der Waals surface area contributed by atoms with E-state index in [4.69, 9.17) is 0 Å². The van der Waals surface area contributed by atoms with Crippen molar-refractivity contribution in [1.82, 2.24) is 19.7 Å². The van der Waals surface area contributed by atoms with Gasteiger partial charge < -0.3 is 4.90 Å². The van der Waals surface area contributed by atoms with Crippen LogP contribution in [-0.4, -0.2) is 47.1 Å². The van der Waals surface area contributed by atoms with Gasteiger partial charge in [0.05, 0.1) is 9.90 Å². The number of hydrogen-bond donors (Lipinski definition) is 1. The molecule has 8 nitrogen and oxygen atoms in total. The third-order valence-electron chi connectivity index (χ3n) is 5.57. The number of rotatable bonds is 6. The number of alkyl halides is 3. The first-order chi connectivity index (χ1) is 16.0. The van der Waals surface area contributed by atoms with E-state index in [1.165, 1.54) is 30.4 Å². The topological polar surface area (TPSA) is 97.2 Å². The molecular formula is C21H22F3N5O3S2. The van der Waals surface area contributed by atoms with E-state index in [1.807, 2.05) is 0 Å². The number of aromatic nitrogens is 3. The Labute approximate surface area is 198 Å². The van der Waals surface area contributed by atoms with Crippen LogP contribution in [0.15, 0.2) is 46.7 Å². The monoisotopic (exact) mass is 513 g/mol. The molecule has 0 aliphatic carbocycles. The van der Waals surface area contributed by atoms with Crippen molar-refractivity contribution in [3.63, 3.8) is 0 Å². The number of piperidine rings is 1. The first-order valence-electron chi connectivity index (χ1n) is 10.5. The maximum absolute atomic E-state index is 12.8. The Morgan fingerprint density at radius 3 is 2.50 bits per heavy atom. The van der Waals surface area contributed by atoms with Crippen LogP contribution in [-0.2, 0) is 27.5 Å². The zero-order valence-corrected chi connectivity index (χ0v) is 19.8. The number of aryl methyl sites for hydroxylation is 1. The van der Waals surface area contributed by atoms with Crippen molar-refractivity contribution in [2.75, 3.05) is 17.8 Å². The fourth-order valence-corrected chi connectivity index (χ4v) is 5.74. The molecule has 1 aliphatic rings. The number of hydrogen-bond acceptors (Lipinski definition) is 6. The minimum atomic E-state index is -4.56. The van der Waals surface area contributed by atoms with E-state index in [0.29, 0.717) is 25.9 Å². The van der Waals surface area contributed by atoms with Crippen LogP contribution in [0.1, 0.15) is 35.2 Å². The van der Waals surface area contributed by atoms with Gasteiger partial charge in [-0.15, -0.1) is 11.3 Å². The fourth-order valence-electron chi connectivity index (χ4n) is 3.73. The second-order valence-corrected chi connectivity index (χ2v) is 10.5. The number of carbonyl (C=O) groups is 1. The van der Waals surface area contributed by atoms with Gasteiger partial charge in [0.25, 0.3) is 10.0 Å². The lowest BCUT2D eigenvalue weighted by atomic mass is 9.97. The van der Waals surface area contributed by atoms with Gasteiger partial charge in [-0.1, -0.05) is 18.2 Å². The summed E-state index contributed by atoms with van der Waals surface area (Å²) in [7, 11) is -3.73. The third-order valence-corrected chi connectivity index (χ3v) is 7.95. The molecule has 1 saturated heterocycles. The lowest BCUT2D eigenvalue weighted by molar-refractivity contribution is -0.142. The summed E-state index contributed by atoms with van der Waals surface area (Å²) in [6.07, 6.45) is -3.31. The van der Waals surface area contributed by atoms with Crippen molar-refractivity contribution >= 4 is 33.1 Å². The first kappa shape index (κ1) is 24.2. The largest absolute Gasteiger partial charge is 0.435 e. The smallest absolute Gasteiger partial charge is 0.341 e. The molecule has 13 heteroatoms. The molecule has 4 rings (SSSR count). The molecule has 1 aliphatic heterocycles. The van der Waals surface area contributed by atoms with Crippen LogP contribution in [0, 0.1) is 6.92 Å². The van der Waals surface area contributed by atoms with Gasteiger partial charge in [-0.2, -0.15) is 18.3 Å². The number of benzene rings is 1. The van der Waals surface area contributed by atoms with Crippen molar-refractivity contribution < 1.29 is 26.4 Å². The number of halogens is 3. The number of thiazole rings is 1. The zero-order valence-electron chi connectivity index (χ0n) is 18.1. The molecule has 0 bridgehead atoms. The Bertz CT molecular complexity index is 1260. The van der Waals surface area contributed by atoms with Crippen LogP contribution in [0.3, 0.4) is 0 Å². The summed E-state index contributed by atoms with van der Waals surface area (Å²) in [5, 5.41) is 5.93. The number of anilines is 1. The highest BCUT2D eigenvalue weighted by molar-refractivity contribution is 7.92. The van der Waals surface area contributed by atoms with Crippen LogP contribution in [0.25, 0.3) is 0 Å². The number of carbonyl (C=O) groups excluding carboxylic acids is 1. The molecule has 1 aromatic carbocycles. The van der Waals surface area contributed by atoms with Crippen LogP contribution in [0.4, 0.5) is 19.0 Å². The summed E-state index contributed by atoms with van der Waals surface area (Å²) >= 11 is 1.35. The van der Waals surface area contributed by atoms with E-state index in [-0.39, 0.29) is 34.8 Å². The SMILES string of the molecule is Cc1cc(C(F)(F)F)nn1CC(=O)N1CCC(c2nc(NS(=O)(=O)c3ccccc3)cs2)CC1. The van der Waals surface area contributed by atoms with Gasteiger partial charge >= 0.3 is 6.18 Å². The van der Waals surface area contributed by atoms with E-state index >= 15 is 0 Å². The van der Waals surface area contributed by atoms with Crippen molar-refractivity contribution in [1.29, 1.82) is 0 Å². The predicted molar refractivity (Wildman–Crippen MR) is 120 cm³/mol. The summed E-state index contributed by atoms with van der Waals surface area (Å²) in [5.74, 6) is 0.0121. The number of nitrogens with zero attached hydrogens (tertiary/aromatic N) is 4. The summed E-state index contributed by atoms with van der Waals surface area (Å²) in [4.78, 5) is 18.8. The maximum Gasteiger partial charge on any atom is 0.435 e. The highest BCUT2D eigenvalue weighted by Gasteiger charge is 2.35. The van der Waals surface area contributed by atoms with Crippen LogP contribution in [0.2, 0.25) is 0 Å². The minimum absolute atomic E-state index is 0.0623. The van der Waals surface area contributed by atoms with Crippen molar-refractivity contribution in [3.05, 3.63) is 58.2 Å². The molecule has 1 amide bonds. The van der Waals surface area contributed by atoms with Crippen LogP contribution >= 0.6 is 11.3 Å². The standard InChI is InChI=1S/C21H22F3N5O3S2/c1-14-11-17(21(22,23)24)26-29(14)12-19(30)28-9-7-15(8-10-28)20-25-18(13-33-20)27-34(31,32)16-5-3-2-4-6-16/h2-6,11,13,15,27H,7-10,12H2,1H3. The molecule has 0 atom stereocenters. The summed E-state index contributed by atoms with van der Waals surface area (Å²) < 4.78 is 67.0. The molecule has 0 unspecified atom stereocenters. The van der Waals surface area contributed by atoms with Crippen molar-refractivity contribution in [3.8, 4) is 0 Å². The molecule has 1 N–H and O–H groups in total. The molecule has 2 aromatic heterocycles. The molecule has 3 heterocycles. The second kappa shape index (κ2) is 9.37. The van der Waals surface area contributed by atoms with E-state index in [1.54, 1.807) is 28.5 Å². The van der Waals surface area contributed by atoms with Gasteiger partial charge in [0.15, 0.2) is 11.5 Å². The maximum atomic E-state index is 12.8. The number of likely N-dealkylation sites (tertiary alicyclic amines) is 1. The highest BCUT2D eigenvalue weighted by Crippen LogP contribution is 2.32. The van der Waals surface area contributed by atoms with Crippen molar-refractivity contribution in [2.45, 2.75) is 43.3 Å². The molecule has 182 valence electrons. The van der Waals surface area contributed by atoms with Crippen LogP contribution < -0.4 is 4.72 Å². The number of amides is 1. The number of nitrogens with one attached hydrogen (secondary N) is 1. The predicted octanol–water partition coefficient (Wildman–Crippen LogP) is 3.87. The Morgan fingerprint density at radius 2 is 1.88 bits per heavy atom. The Balaban J connectivity index is 1.33. The van der Waals surface area contributed by atoms with Gasteiger partial charge in [0.2, 0.25) is 5.91 Å². The van der Waals surface area contributed by atoms with E-state index < -0.39 is 21.9 Å². The van der Waals surface area contributed by atoms with E-state index in [9.17, 15) is 26.4 Å². The Morgan fingerprint density at radius 1 is 1.21 bits per heavy atom. The van der Waals surface area contributed by atoms with Gasteiger partial charge in [-0.3, -0.25) is 14.2 Å². The molecular weight excluding hydrogens is 491 g/mol. The highest BCUT2D eigenvalue weighted by atomic mass is 32.2. The molecule has 0 radical (unpaired) electrons. The average molecular weight is 514 g/mol. The Hall–Kier alpha value is -2.93. The normalized spacial score (nSPS) is 15.5. The quantitative estimate of drug-likeness (QED) is 0.540. The first-order valence-corrected chi connectivity index (χ1v) is 12.8. The number of sulfonamides is 1. The van der Waals surface area contributed by atoms with E-state index in [0.717, 1.165) is 15.8 Å². The Kier molecular flexibility index (Phi) is 6.67. The van der Waals surface area contributed by atoms with Gasteiger partial charge in [-0.05, 0) is 38.0 Å².